The number of ether oxygens (including phenoxy) is 1. The number of primary amides is 1. The van der Waals surface area contributed by atoms with E-state index < -0.39 is 71.3 Å². The number of nitrogens with one attached hydrogen (secondary N) is 2. The molecule has 14 nitrogen and oxygen atoms in total. The number of carbonyl (C=O) groups is 6. The number of imide groups is 1. The highest BCUT2D eigenvalue weighted by Gasteiger charge is 2.44. The molecule has 0 radical (unpaired) electrons. The van der Waals surface area contributed by atoms with Crippen LogP contribution < -0.4 is 22.5 Å². The summed E-state index contributed by atoms with van der Waals surface area (Å²) in [7, 11) is 0. The van der Waals surface area contributed by atoms with Gasteiger partial charge in [-0.25, -0.2) is 4.79 Å². The summed E-state index contributed by atoms with van der Waals surface area (Å²) in [6.07, 6.45) is 3.10. The summed E-state index contributed by atoms with van der Waals surface area (Å²) in [5.74, 6) is -6.18. The van der Waals surface area contributed by atoms with Crippen molar-refractivity contribution in [1.82, 2.24) is 15.2 Å². The summed E-state index contributed by atoms with van der Waals surface area (Å²) in [6.45, 7) is 6.92. The molecule has 282 valence electrons. The van der Waals surface area contributed by atoms with Gasteiger partial charge >= 0.3 is 12.1 Å². The number of para-hydroxylation sites is 1. The highest BCUT2D eigenvalue weighted by molar-refractivity contribution is 6.14. The maximum Gasteiger partial charge on any atom is 0.408 e. The van der Waals surface area contributed by atoms with Gasteiger partial charge in [-0.2, -0.15) is 0 Å². The molecule has 4 amide bonds. The molecular formula is C38H52N6O8. The van der Waals surface area contributed by atoms with E-state index in [0.29, 0.717) is 28.7 Å². The van der Waals surface area contributed by atoms with Crippen molar-refractivity contribution >= 4 is 46.5 Å². The molecule has 1 unspecified atom stereocenters. The van der Waals surface area contributed by atoms with Gasteiger partial charge in [0.2, 0.25) is 11.8 Å². The number of benzene rings is 2. The van der Waals surface area contributed by atoms with Crippen LogP contribution in [0, 0.1) is 0 Å². The molecule has 0 bridgehead atoms. The largest absolute Gasteiger partial charge is 0.481 e. The number of carboxylic acids is 1. The third-order valence-corrected chi connectivity index (χ3v) is 8.73. The number of nitrogens with two attached hydrogens (primary N) is 3. The summed E-state index contributed by atoms with van der Waals surface area (Å²) in [5.41, 5.74) is 19.0. The second-order valence-corrected chi connectivity index (χ2v) is 14.1. The monoisotopic (exact) mass is 720 g/mol. The summed E-state index contributed by atoms with van der Waals surface area (Å²) >= 11 is 0. The Kier molecular flexibility index (Phi) is 14.6. The Labute approximate surface area is 303 Å². The first-order valence-corrected chi connectivity index (χ1v) is 17.5. The van der Waals surface area contributed by atoms with Gasteiger partial charge < -0.3 is 37.3 Å². The Morgan fingerprint density at radius 1 is 0.923 bits per heavy atom. The number of aromatic nitrogens is 1. The second kappa shape index (κ2) is 18.4. The van der Waals surface area contributed by atoms with Crippen LogP contribution in [0.3, 0.4) is 0 Å². The van der Waals surface area contributed by atoms with Crippen molar-refractivity contribution in [2.45, 2.75) is 115 Å². The first-order valence-electron chi connectivity index (χ1n) is 17.5. The highest BCUT2D eigenvalue weighted by Crippen LogP contribution is 2.31. The molecule has 3 aromatic rings. The fraction of sp³-hybridized carbons (Fsp3) is 0.474. The molecule has 0 spiro atoms. The molecule has 2 aromatic carbocycles. The van der Waals surface area contributed by atoms with Gasteiger partial charge in [0, 0.05) is 35.5 Å². The van der Waals surface area contributed by atoms with E-state index >= 15 is 0 Å². The quantitative estimate of drug-likeness (QED) is 0.0773. The van der Waals surface area contributed by atoms with E-state index in [9.17, 15) is 33.9 Å². The van der Waals surface area contributed by atoms with Crippen LogP contribution in [0.2, 0.25) is 0 Å². The van der Waals surface area contributed by atoms with Crippen molar-refractivity contribution < 1.29 is 38.6 Å². The lowest BCUT2D eigenvalue weighted by Gasteiger charge is -2.33. The van der Waals surface area contributed by atoms with Gasteiger partial charge in [0.15, 0.2) is 11.8 Å². The Balaban J connectivity index is 2.01. The summed E-state index contributed by atoms with van der Waals surface area (Å²) in [6, 6.07) is 11.0. The average molecular weight is 721 g/mol. The normalized spacial score (nSPS) is 14.4. The molecule has 0 aliphatic rings. The number of carboxylic acid groups (broad SMARTS) is 1. The van der Waals surface area contributed by atoms with Gasteiger partial charge in [-0.15, -0.1) is 0 Å². The van der Waals surface area contributed by atoms with E-state index in [4.69, 9.17) is 21.9 Å². The fourth-order valence-electron chi connectivity index (χ4n) is 6.17. The molecule has 1 heterocycles. The van der Waals surface area contributed by atoms with Gasteiger partial charge in [0.25, 0.3) is 5.91 Å². The van der Waals surface area contributed by atoms with Crippen LogP contribution in [0.1, 0.15) is 90.2 Å². The molecule has 0 fully saturated rings. The van der Waals surface area contributed by atoms with Gasteiger partial charge in [-0.1, -0.05) is 74.7 Å². The molecule has 9 N–H and O–H groups in total. The zero-order chi connectivity index (χ0) is 38.6. The zero-order valence-electron chi connectivity index (χ0n) is 30.4. The molecule has 52 heavy (non-hydrogen) atoms. The topological polar surface area (TPSA) is 241 Å². The number of aromatic amines is 1. The summed E-state index contributed by atoms with van der Waals surface area (Å²) < 4.78 is 5.39. The number of hydrogen-bond acceptors (Lipinski definition) is 9. The fourth-order valence-corrected chi connectivity index (χ4v) is 6.17. The number of alkyl carbamates (subject to hydrolysis) is 1. The van der Waals surface area contributed by atoms with E-state index in [1.54, 1.807) is 51.2 Å². The lowest BCUT2D eigenvalue weighted by molar-refractivity contribution is -0.158. The lowest BCUT2D eigenvalue weighted by Crippen LogP contribution is -2.63. The number of aliphatic carboxylic acids is 1. The maximum atomic E-state index is 14.5. The Hall–Kier alpha value is -5.08. The lowest BCUT2D eigenvalue weighted by atomic mass is 9.81. The van der Waals surface area contributed by atoms with Crippen LogP contribution >= 0.6 is 0 Å². The maximum absolute atomic E-state index is 14.5. The molecular weight excluding hydrogens is 668 g/mol. The molecule has 14 heteroatoms. The predicted octanol–water partition coefficient (Wildman–Crippen LogP) is 3.79. The SMILES string of the molecule is CCCCCC(N)(CCCC(=O)[C@@H](C(N)=O)N(C(=O)[C@H](Cc1c[nH]c2ccccc12)NC(=O)OC(C)(C)C)C(=O)[C@@H](N)CC(=O)O)c1ccccc1. The van der Waals surface area contributed by atoms with Crippen LogP contribution in [-0.2, 0) is 40.7 Å². The Bertz CT molecular complexity index is 1720. The van der Waals surface area contributed by atoms with Crippen LogP contribution in [0.5, 0.6) is 0 Å². The molecule has 0 aliphatic heterocycles. The third-order valence-electron chi connectivity index (χ3n) is 8.73. The van der Waals surface area contributed by atoms with Gasteiger partial charge in [0.1, 0.15) is 11.6 Å². The zero-order valence-corrected chi connectivity index (χ0v) is 30.4. The van der Waals surface area contributed by atoms with E-state index in [0.717, 1.165) is 30.3 Å². The predicted molar refractivity (Wildman–Crippen MR) is 196 cm³/mol. The minimum absolute atomic E-state index is 0.173. The van der Waals surface area contributed by atoms with Crippen molar-refractivity contribution in [2.24, 2.45) is 17.2 Å². The number of Topliss-reactive ketones (excluding diaryl/α,β-unsaturated/α-hetero) is 1. The minimum atomic E-state index is -2.16. The summed E-state index contributed by atoms with van der Waals surface area (Å²) in [5, 5.41) is 12.6. The van der Waals surface area contributed by atoms with Crippen LogP contribution in [0.4, 0.5) is 4.79 Å². The van der Waals surface area contributed by atoms with Crippen LogP contribution in [0.25, 0.3) is 10.9 Å². The van der Waals surface area contributed by atoms with E-state index in [1.165, 1.54) is 0 Å². The molecule has 0 saturated heterocycles. The number of hydrogen-bond donors (Lipinski definition) is 6. The molecule has 3 rings (SSSR count). The summed E-state index contributed by atoms with van der Waals surface area (Å²) in [4.78, 5) is 83.3. The van der Waals surface area contributed by atoms with Gasteiger partial charge in [0.05, 0.1) is 12.5 Å². The molecule has 0 saturated carbocycles. The molecule has 1 aromatic heterocycles. The smallest absolute Gasteiger partial charge is 0.408 e. The number of ketones is 1. The van der Waals surface area contributed by atoms with E-state index in [1.807, 2.05) is 30.3 Å². The van der Waals surface area contributed by atoms with Crippen molar-refractivity contribution in [3.05, 3.63) is 71.9 Å². The number of fused-ring (bicyclic) bond motifs is 1. The van der Waals surface area contributed by atoms with Crippen molar-refractivity contribution in [1.29, 1.82) is 0 Å². The molecule has 4 atom stereocenters. The average Bonchev–Trinajstić information content (AvgIpc) is 3.48. The highest BCUT2D eigenvalue weighted by atomic mass is 16.6. The first kappa shape index (κ1) is 41.3. The number of carbonyl (C=O) groups excluding carboxylic acids is 5. The van der Waals surface area contributed by atoms with Crippen molar-refractivity contribution in [3.8, 4) is 0 Å². The minimum Gasteiger partial charge on any atom is -0.481 e. The van der Waals surface area contributed by atoms with E-state index in [2.05, 4.69) is 17.2 Å². The third kappa shape index (κ3) is 11.5. The van der Waals surface area contributed by atoms with Crippen LogP contribution in [-0.4, -0.2) is 74.3 Å². The molecule has 0 aliphatic carbocycles. The van der Waals surface area contributed by atoms with Gasteiger partial charge in [-0.3, -0.25) is 28.9 Å². The number of nitrogens with zero attached hydrogens (tertiary/aromatic N) is 1. The standard InChI is InChI=1S/C38H52N6O8/c1-5-6-12-19-38(41,25-14-8-7-9-15-25)20-13-18-30(45)32(33(40)48)44(34(49)27(39)22-31(46)47)35(50)29(43-36(51)52-37(2,3)4)21-24-23-42-28-17-11-10-16-26(24)28/h7-11,14-17,23,27,29,32,42H,5-6,12-13,18-22,39,41H2,1-4H3,(H2,40,48)(H,43,51)(H,46,47)/t27-,29-,32-,38?/m0/s1. The Morgan fingerprint density at radius 3 is 2.17 bits per heavy atom. The number of unbranched alkanes of at least 4 members (excludes halogenated alkanes) is 2. The second-order valence-electron chi connectivity index (χ2n) is 14.1. The van der Waals surface area contributed by atoms with E-state index in [-0.39, 0.29) is 19.3 Å². The first-order chi connectivity index (χ1) is 24.5. The van der Waals surface area contributed by atoms with Gasteiger partial charge in [-0.05, 0) is 57.2 Å². The Morgan fingerprint density at radius 2 is 1.56 bits per heavy atom. The van der Waals surface area contributed by atoms with Crippen LogP contribution in [0.15, 0.2) is 60.8 Å². The van der Waals surface area contributed by atoms with Crippen molar-refractivity contribution in [3.63, 3.8) is 0 Å². The number of rotatable bonds is 19. The number of amides is 4. The van der Waals surface area contributed by atoms with Crippen molar-refractivity contribution in [2.75, 3.05) is 0 Å². The number of H-pyrrole nitrogens is 1.